The topological polar surface area (TPSA) is 164 Å². The van der Waals surface area contributed by atoms with Gasteiger partial charge >= 0.3 is 0 Å². The van der Waals surface area contributed by atoms with Crippen LogP contribution in [0.25, 0.3) is 33.8 Å². The van der Waals surface area contributed by atoms with Gasteiger partial charge in [-0.1, -0.05) is 78.9 Å². The Morgan fingerprint density at radius 2 is 0.809 bits per heavy atom. The Kier molecular flexibility index (Phi) is 24.3. The molecule has 0 aliphatic carbocycles. The highest BCUT2D eigenvalue weighted by Crippen LogP contribution is 2.27. The summed E-state index contributed by atoms with van der Waals surface area (Å²) in [5, 5.41) is 29.4. The first-order valence-corrected chi connectivity index (χ1v) is 33.6. The molecule has 14 nitrogen and oxygen atoms in total. The molecule has 0 radical (unpaired) electrons. The zero-order chi connectivity index (χ0) is 65.9. The van der Waals surface area contributed by atoms with Crippen LogP contribution in [0, 0.1) is 11.6 Å². The molecule has 0 bridgehead atoms. The highest BCUT2D eigenvalue weighted by molar-refractivity contribution is 5.61. The first-order chi connectivity index (χ1) is 45.4. The van der Waals surface area contributed by atoms with E-state index < -0.39 is 11.6 Å². The van der Waals surface area contributed by atoms with Gasteiger partial charge in [0, 0.05) is 156 Å². The smallest absolute Gasteiger partial charge is 0.128 e. The molecule has 12 rings (SSSR count). The average Bonchev–Trinajstić information content (AvgIpc) is 1.26. The molecule has 3 saturated heterocycles. The second-order valence-corrected chi connectivity index (χ2v) is 26.8. The average molecular weight is 1270 g/mol. The van der Waals surface area contributed by atoms with Crippen molar-refractivity contribution in [2.45, 2.75) is 142 Å². The fourth-order valence-corrected chi connectivity index (χ4v) is 12.9. The summed E-state index contributed by atoms with van der Waals surface area (Å²) in [7, 11) is 0. The van der Waals surface area contributed by atoms with Crippen LogP contribution in [0.2, 0.25) is 0 Å². The predicted molar refractivity (Wildman–Crippen MR) is 373 cm³/mol. The summed E-state index contributed by atoms with van der Waals surface area (Å²) in [6.45, 7) is 24.8. The number of nitrogens with zero attached hydrogens (tertiary/aromatic N) is 9. The van der Waals surface area contributed by atoms with Gasteiger partial charge in [0.15, 0.2) is 0 Å². The SMILES string of the molecule is CC1(C)CNCCN1Cc1cccc(-c2ccnc(CCCc3cc(F)cc(F)c3)n2)c1.CC1(C)CNCCN1Cc1cccc(-c2ccnc(CCCc3ccc(O)cc3)n2)c1.CC1CN(Cc2cccc(-c3ccnc(CCCc4ccc(O)cc4)n3)c2)CC(C)N1. The Bertz CT molecular complexity index is 3820. The molecular weight excluding hydrogens is 1170 g/mol. The van der Waals surface area contributed by atoms with E-state index in [1.807, 2.05) is 54.9 Å². The van der Waals surface area contributed by atoms with Gasteiger partial charge in [-0.05, 0) is 186 Å². The van der Waals surface area contributed by atoms with Gasteiger partial charge in [-0.3, -0.25) is 14.7 Å². The summed E-state index contributed by atoms with van der Waals surface area (Å²) in [5.41, 5.74) is 13.5. The predicted octanol–water partition coefficient (Wildman–Crippen LogP) is 13.2. The molecule has 0 amide bonds. The largest absolute Gasteiger partial charge is 0.508 e. The summed E-state index contributed by atoms with van der Waals surface area (Å²) < 4.78 is 26.7. The lowest BCUT2D eigenvalue weighted by Gasteiger charge is -2.43. The first-order valence-electron chi connectivity index (χ1n) is 33.6. The summed E-state index contributed by atoms with van der Waals surface area (Å²) >= 11 is 0. The van der Waals surface area contributed by atoms with Crippen molar-refractivity contribution in [1.82, 2.24) is 60.6 Å². The van der Waals surface area contributed by atoms with Crippen molar-refractivity contribution >= 4 is 0 Å². The van der Waals surface area contributed by atoms with Crippen LogP contribution in [-0.2, 0) is 58.2 Å². The van der Waals surface area contributed by atoms with Crippen molar-refractivity contribution in [1.29, 1.82) is 0 Å². The summed E-state index contributed by atoms with van der Waals surface area (Å²) in [5.74, 6) is 2.04. The van der Waals surface area contributed by atoms with Crippen LogP contribution in [0.4, 0.5) is 8.78 Å². The van der Waals surface area contributed by atoms with Crippen LogP contribution in [0.15, 0.2) is 176 Å². The van der Waals surface area contributed by atoms with E-state index in [-0.39, 0.29) is 11.1 Å². The number of rotatable bonds is 21. The Morgan fingerprint density at radius 1 is 0.436 bits per heavy atom. The molecule has 3 fully saturated rings. The Labute approximate surface area is 555 Å². The minimum Gasteiger partial charge on any atom is -0.508 e. The Balaban J connectivity index is 0.000000154. The Hall–Kier alpha value is -8.22. The van der Waals surface area contributed by atoms with Gasteiger partial charge in [0.05, 0.1) is 17.1 Å². The fourth-order valence-electron chi connectivity index (χ4n) is 12.9. The van der Waals surface area contributed by atoms with Crippen LogP contribution in [0.5, 0.6) is 11.5 Å². The lowest BCUT2D eigenvalue weighted by molar-refractivity contribution is 0.0827. The molecule has 5 N–H and O–H groups in total. The third-order valence-corrected chi connectivity index (χ3v) is 17.9. The van der Waals surface area contributed by atoms with Gasteiger partial charge in [0.1, 0.15) is 40.6 Å². The molecular formula is C78H94F2N12O2. The van der Waals surface area contributed by atoms with E-state index in [0.29, 0.717) is 42.0 Å². The molecule has 9 aromatic rings. The molecule has 6 aromatic carbocycles. The molecule has 6 heterocycles. The number of halogens is 2. The van der Waals surface area contributed by atoms with Gasteiger partial charge in [-0.15, -0.1) is 0 Å². The molecule has 3 aliphatic heterocycles. The molecule has 16 heteroatoms. The number of aromatic hydroxyl groups is 2. The van der Waals surface area contributed by atoms with Crippen molar-refractivity contribution in [3.05, 3.63) is 239 Å². The van der Waals surface area contributed by atoms with Crippen molar-refractivity contribution in [2.24, 2.45) is 0 Å². The molecule has 0 saturated carbocycles. The van der Waals surface area contributed by atoms with Crippen LogP contribution < -0.4 is 16.0 Å². The van der Waals surface area contributed by atoms with Crippen LogP contribution in [0.3, 0.4) is 0 Å². The number of aryl methyl sites for hydroxylation is 6. The quantitative estimate of drug-likeness (QED) is 0.0462. The van der Waals surface area contributed by atoms with Gasteiger partial charge in [0.25, 0.3) is 0 Å². The third kappa shape index (κ3) is 20.9. The number of phenols is 2. The highest BCUT2D eigenvalue weighted by Gasteiger charge is 2.31. The standard InChI is InChI=1S/C26H30F2N4.2C26H32N4O/c1-26(2)18-29-11-12-32(26)17-20-6-3-7-21(13-20)24-9-10-30-25(31-24)8-4-5-19-14-22(27)16-23(28)15-19;1-19-16-30(17-20(2)28-19)18-22-6-3-7-23(15-22)25-13-14-27-26(29-25)8-4-5-21-9-11-24(31)12-10-21;1-26(2)19-27-15-16-30(26)18-21-6-3-7-22(17-21)24-13-14-28-25(29-24)8-4-5-20-9-11-23(31)12-10-20/h3,6-7,9-10,13-16,29H,4-5,8,11-12,17-18H2,1-2H3;3,6-7,9-15,19-20,28,31H,4-5,8,16-18H2,1-2H3;3,6-7,9-14,17,27,31H,4-5,8,15-16,18-19H2,1-2H3. The number of aromatic nitrogens is 6. The second kappa shape index (κ2) is 33.3. The van der Waals surface area contributed by atoms with Crippen LogP contribution in [0.1, 0.15) is 112 Å². The van der Waals surface area contributed by atoms with Crippen molar-refractivity contribution < 1.29 is 19.0 Å². The number of nitrogens with one attached hydrogen (secondary N) is 3. The highest BCUT2D eigenvalue weighted by atomic mass is 19.1. The molecule has 0 spiro atoms. The normalized spacial score (nSPS) is 17.3. The molecule has 2 atom stereocenters. The van der Waals surface area contributed by atoms with E-state index in [1.54, 1.807) is 30.5 Å². The van der Waals surface area contributed by atoms with E-state index in [1.165, 1.54) is 39.9 Å². The molecule has 492 valence electrons. The van der Waals surface area contributed by atoms with Crippen molar-refractivity contribution in [3.8, 4) is 45.3 Å². The third-order valence-electron chi connectivity index (χ3n) is 17.9. The number of benzene rings is 6. The zero-order valence-corrected chi connectivity index (χ0v) is 55.7. The van der Waals surface area contributed by atoms with E-state index in [2.05, 4.69) is 160 Å². The molecule has 94 heavy (non-hydrogen) atoms. The molecule has 3 aromatic heterocycles. The Morgan fingerprint density at radius 3 is 1.19 bits per heavy atom. The zero-order valence-electron chi connectivity index (χ0n) is 55.7. The number of hydrogen-bond acceptors (Lipinski definition) is 14. The first kappa shape index (κ1) is 68.6. The van der Waals surface area contributed by atoms with Crippen molar-refractivity contribution in [2.75, 3.05) is 52.4 Å². The number of piperazine rings is 3. The van der Waals surface area contributed by atoms with Gasteiger partial charge in [0.2, 0.25) is 0 Å². The maximum Gasteiger partial charge on any atom is 0.128 e. The fraction of sp³-hybridized carbons (Fsp3) is 0.385. The van der Waals surface area contributed by atoms with E-state index >= 15 is 0 Å². The minimum absolute atomic E-state index is 0.126. The summed E-state index contributed by atoms with van der Waals surface area (Å²) in [6.07, 6.45) is 13.0. The van der Waals surface area contributed by atoms with E-state index in [4.69, 9.17) is 15.0 Å². The minimum atomic E-state index is -0.540. The lowest BCUT2D eigenvalue weighted by atomic mass is 9.98. The monoisotopic (exact) mass is 1270 g/mol. The van der Waals surface area contributed by atoms with E-state index in [0.717, 1.165) is 174 Å². The van der Waals surface area contributed by atoms with Gasteiger partial charge in [-0.25, -0.2) is 38.7 Å². The maximum absolute atomic E-state index is 13.4. The van der Waals surface area contributed by atoms with Crippen molar-refractivity contribution in [3.63, 3.8) is 0 Å². The van der Waals surface area contributed by atoms with Crippen LogP contribution >= 0.6 is 0 Å². The molecule has 2 unspecified atom stereocenters. The number of hydrogen-bond donors (Lipinski definition) is 5. The van der Waals surface area contributed by atoms with Gasteiger partial charge in [-0.2, -0.15) is 0 Å². The summed E-state index contributed by atoms with van der Waals surface area (Å²) in [6, 6.07) is 51.5. The molecule has 3 aliphatic rings. The lowest BCUT2D eigenvalue weighted by Crippen LogP contribution is -2.57. The van der Waals surface area contributed by atoms with Crippen LogP contribution in [-0.4, -0.2) is 130 Å². The second-order valence-electron chi connectivity index (χ2n) is 26.8. The number of phenolic OH excluding ortho intramolecular Hbond substituents is 2. The van der Waals surface area contributed by atoms with E-state index in [9.17, 15) is 19.0 Å². The van der Waals surface area contributed by atoms with Gasteiger partial charge < -0.3 is 26.2 Å². The maximum atomic E-state index is 13.4. The summed E-state index contributed by atoms with van der Waals surface area (Å²) in [4.78, 5) is 35.3.